The Balaban J connectivity index is 1.51. The number of anilines is 1. The van der Waals surface area contributed by atoms with Crippen molar-refractivity contribution in [1.29, 1.82) is 0 Å². The van der Waals surface area contributed by atoms with Gasteiger partial charge in [0.1, 0.15) is 18.1 Å². The number of aryl methyl sites for hydroxylation is 1. The first kappa shape index (κ1) is 16.2. The van der Waals surface area contributed by atoms with Gasteiger partial charge < -0.3 is 20.1 Å². The van der Waals surface area contributed by atoms with Crippen molar-refractivity contribution in [3.8, 4) is 11.5 Å². The van der Waals surface area contributed by atoms with E-state index in [-0.39, 0.29) is 11.9 Å². The molecule has 1 amide bonds. The molecule has 0 aromatic heterocycles. The van der Waals surface area contributed by atoms with Crippen LogP contribution in [0.1, 0.15) is 17.5 Å². The van der Waals surface area contributed by atoms with Gasteiger partial charge in [-0.15, -0.1) is 0 Å². The van der Waals surface area contributed by atoms with E-state index in [1.807, 2.05) is 49.4 Å². The van der Waals surface area contributed by atoms with Crippen LogP contribution >= 0.6 is 0 Å². The van der Waals surface area contributed by atoms with Crippen molar-refractivity contribution in [2.75, 3.05) is 19.0 Å². The number of rotatable bonds is 5. The number of nitrogens with one attached hydrogen (secondary N) is 2. The molecule has 2 N–H and O–H groups in total. The highest BCUT2D eigenvalue weighted by molar-refractivity contribution is 5.77. The van der Waals surface area contributed by atoms with Crippen molar-refractivity contribution in [1.82, 2.24) is 5.32 Å². The number of fused-ring (bicyclic) bond motifs is 1. The van der Waals surface area contributed by atoms with E-state index in [0.717, 1.165) is 28.3 Å². The first-order chi connectivity index (χ1) is 11.6. The molecule has 3 rings (SSSR count). The quantitative estimate of drug-likeness (QED) is 0.887. The number of amides is 1. The highest BCUT2D eigenvalue weighted by atomic mass is 16.5. The molecule has 5 heteroatoms. The van der Waals surface area contributed by atoms with E-state index in [4.69, 9.17) is 9.47 Å². The zero-order valence-electron chi connectivity index (χ0n) is 14.0. The second kappa shape index (κ2) is 7.25. The Morgan fingerprint density at radius 2 is 2.21 bits per heavy atom. The molecule has 0 unspecified atom stereocenters. The molecule has 0 bridgehead atoms. The number of methoxy groups -OCH3 is 1. The predicted octanol–water partition coefficient (Wildman–Crippen LogP) is 2.88. The summed E-state index contributed by atoms with van der Waals surface area (Å²) < 4.78 is 10.9. The Morgan fingerprint density at radius 3 is 3.04 bits per heavy atom. The molecule has 2 aromatic carbocycles. The van der Waals surface area contributed by atoms with Crippen molar-refractivity contribution in [2.24, 2.45) is 0 Å². The predicted molar refractivity (Wildman–Crippen MR) is 93.5 cm³/mol. The topological polar surface area (TPSA) is 59.6 Å². The van der Waals surface area contributed by atoms with Crippen LogP contribution in [0.25, 0.3) is 0 Å². The van der Waals surface area contributed by atoms with E-state index in [1.165, 1.54) is 0 Å². The molecular weight excluding hydrogens is 304 g/mol. The lowest BCUT2D eigenvalue weighted by molar-refractivity contribution is -0.121. The Hall–Kier alpha value is -2.69. The number of benzene rings is 2. The second-order valence-corrected chi connectivity index (χ2v) is 5.98. The fourth-order valence-electron chi connectivity index (χ4n) is 2.71. The Kier molecular flexibility index (Phi) is 4.89. The summed E-state index contributed by atoms with van der Waals surface area (Å²) in [5.74, 6) is 1.63. The Bertz CT molecular complexity index is 730. The maximum atomic E-state index is 12.2. The Morgan fingerprint density at radius 1 is 1.33 bits per heavy atom. The van der Waals surface area contributed by atoms with E-state index >= 15 is 0 Å². The van der Waals surface area contributed by atoms with Gasteiger partial charge in [0.05, 0.1) is 25.3 Å². The number of hydrogen-bond donors (Lipinski definition) is 2. The molecule has 5 nitrogen and oxygen atoms in total. The van der Waals surface area contributed by atoms with E-state index in [9.17, 15) is 4.79 Å². The zero-order chi connectivity index (χ0) is 16.9. The Labute approximate surface area is 142 Å². The monoisotopic (exact) mass is 326 g/mol. The summed E-state index contributed by atoms with van der Waals surface area (Å²) in [6.45, 7) is 3.00. The summed E-state index contributed by atoms with van der Waals surface area (Å²) in [5, 5.41) is 6.31. The van der Waals surface area contributed by atoms with Crippen LogP contribution in [0.2, 0.25) is 0 Å². The van der Waals surface area contributed by atoms with Crippen LogP contribution < -0.4 is 20.1 Å². The fraction of sp³-hybridized carbons (Fsp3) is 0.316. The number of ether oxygens (including phenoxy) is 2. The lowest BCUT2D eigenvalue weighted by atomic mass is 10.1. The number of carbonyl (C=O) groups is 1. The third-order valence-corrected chi connectivity index (χ3v) is 3.99. The van der Waals surface area contributed by atoms with Gasteiger partial charge in [-0.05, 0) is 42.3 Å². The lowest BCUT2D eigenvalue weighted by Gasteiger charge is -2.27. The lowest BCUT2D eigenvalue weighted by Crippen LogP contribution is -2.37. The first-order valence-electron chi connectivity index (χ1n) is 8.03. The molecule has 1 aliphatic heterocycles. The van der Waals surface area contributed by atoms with Gasteiger partial charge in [0, 0.05) is 6.54 Å². The van der Waals surface area contributed by atoms with Crippen molar-refractivity contribution >= 4 is 11.6 Å². The van der Waals surface area contributed by atoms with Crippen LogP contribution in [0.4, 0.5) is 5.69 Å². The highest BCUT2D eigenvalue weighted by Crippen LogP contribution is 2.30. The minimum atomic E-state index is -0.0227. The van der Waals surface area contributed by atoms with Crippen LogP contribution in [0, 0.1) is 6.92 Å². The van der Waals surface area contributed by atoms with Gasteiger partial charge in [0.25, 0.3) is 0 Å². The summed E-state index contributed by atoms with van der Waals surface area (Å²) in [5.41, 5.74) is 3.11. The molecule has 1 heterocycles. The summed E-state index contributed by atoms with van der Waals surface area (Å²) in [4.78, 5) is 12.2. The van der Waals surface area contributed by atoms with Gasteiger partial charge in [-0.3, -0.25) is 4.79 Å². The molecular formula is C19H22N2O3. The zero-order valence-corrected chi connectivity index (χ0v) is 14.0. The molecule has 1 aliphatic rings. The molecule has 0 fully saturated rings. The maximum Gasteiger partial charge on any atom is 0.222 e. The standard InChI is InChI=1S/C19H22N2O3/c1-13-6-7-17-18(8-13)24-12-15(21-17)10-19(22)20-11-14-4-3-5-16(9-14)23-2/h3-9,15,21H,10-12H2,1-2H3,(H,20,22)/t15-/m0/s1. The van der Waals surface area contributed by atoms with Crippen molar-refractivity contribution in [3.05, 3.63) is 53.6 Å². The normalized spacial score (nSPS) is 15.7. The summed E-state index contributed by atoms with van der Waals surface area (Å²) in [7, 11) is 1.63. The molecule has 1 atom stereocenters. The van der Waals surface area contributed by atoms with Gasteiger partial charge in [0.2, 0.25) is 5.91 Å². The smallest absolute Gasteiger partial charge is 0.222 e. The van der Waals surface area contributed by atoms with E-state index in [1.54, 1.807) is 7.11 Å². The van der Waals surface area contributed by atoms with Crippen LogP contribution in [-0.4, -0.2) is 25.7 Å². The van der Waals surface area contributed by atoms with E-state index < -0.39 is 0 Å². The van der Waals surface area contributed by atoms with Crippen molar-refractivity contribution in [2.45, 2.75) is 25.9 Å². The molecule has 0 aliphatic carbocycles. The van der Waals surface area contributed by atoms with Crippen LogP contribution in [-0.2, 0) is 11.3 Å². The van der Waals surface area contributed by atoms with E-state index in [2.05, 4.69) is 10.6 Å². The third-order valence-electron chi connectivity index (χ3n) is 3.99. The number of carbonyl (C=O) groups excluding carboxylic acids is 1. The summed E-state index contributed by atoms with van der Waals surface area (Å²) >= 11 is 0. The third kappa shape index (κ3) is 3.98. The molecule has 24 heavy (non-hydrogen) atoms. The molecule has 0 saturated heterocycles. The largest absolute Gasteiger partial charge is 0.497 e. The average molecular weight is 326 g/mol. The second-order valence-electron chi connectivity index (χ2n) is 5.98. The minimum Gasteiger partial charge on any atom is -0.497 e. The van der Waals surface area contributed by atoms with Gasteiger partial charge in [-0.2, -0.15) is 0 Å². The van der Waals surface area contributed by atoms with Gasteiger partial charge >= 0.3 is 0 Å². The van der Waals surface area contributed by atoms with Crippen LogP contribution in [0.5, 0.6) is 11.5 Å². The molecule has 0 radical (unpaired) electrons. The summed E-state index contributed by atoms with van der Waals surface area (Å²) in [6.07, 6.45) is 0.372. The average Bonchev–Trinajstić information content (AvgIpc) is 2.60. The fourth-order valence-corrected chi connectivity index (χ4v) is 2.71. The SMILES string of the molecule is COc1cccc(CNC(=O)C[C@H]2COc3cc(C)ccc3N2)c1. The molecule has 0 spiro atoms. The highest BCUT2D eigenvalue weighted by Gasteiger charge is 2.21. The van der Waals surface area contributed by atoms with Crippen molar-refractivity contribution < 1.29 is 14.3 Å². The van der Waals surface area contributed by atoms with Crippen LogP contribution in [0.15, 0.2) is 42.5 Å². The first-order valence-corrected chi connectivity index (χ1v) is 8.03. The molecule has 126 valence electrons. The van der Waals surface area contributed by atoms with E-state index in [0.29, 0.717) is 19.6 Å². The maximum absolute atomic E-state index is 12.2. The minimum absolute atomic E-state index is 0.00511. The molecule has 2 aromatic rings. The van der Waals surface area contributed by atoms with Gasteiger partial charge in [0.15, 0.2) is 0 Å². The van der Waals surface area contributed by atoms with Gasteiger partial charge in [-0.25, -0.2) is 0 Å². The van der Waals surface area contributed by atoms with Crippen LogP contribution in [0.3, 0.4) is 0 Å². The number of hydrogen-bond acceptors (Lipinski definition) is 4. The van der Waals surface area contributed by atoms with Crippen molar-refractivity contribution in [3.63, 3.8) is 0 Å². The summed E-state index contributed by atoms with van der Waals surface area (Å²) in [6, 6.07) is 13.7. The molecule has 0 saturated carbocycles. The van der Waals surface area contributed by atoms with Gasteiger partial charge in [-0.1, -0.05) is 18.2 Å².